The van der Waals surface area contributed by atoms with E-state index in [1.165, 1.54) is 0 Å². The van der Waals surface area contributed by atoms with Crippen molar-refractivity contribution in [3.63, 3.8) is 0 Å². The van der Waals surface area contributed by atoms with Crippen LogP contribution in [-0.4, -0.2) is 45.9 Å². The Morgan fingerprint density at radius 3 is 1.00 bits per heavy atom. The Morgan fingerprint density at radius 1 is 1.00 bits per heavy atom. The highest BCUT2D eigenvalue weighted by molar-refractivity contribution is 5.76. The van der Waals surface area contributed by atoms with Gasteiger partial charge in [0.05, 0.1) is 0 Å². The van der Waals surface area contributed by atoms with Crippen molar-refractivity contribution in [2.75, 3.05) is 0 Å². The van der Waals surface area contributed by atoms with Crippen LogP contribution in [0.15, 0.2) is 0 Å². The van der Waals surface area contributed by atoms with Gasteiger partial charge in [0.1, 0.15) is 0 Å². The summed E-state index contributed by atoms with van der Waals surface area (Å²) < 4.78 is 0. The molecule has 0 spiro atoms. The third-order valence-electron chi connectivity index (χ3n) is 0. The third kappa shape index (κ3) is 10.8. The van der Waals surface area contributed by atoms with Crippen molar-refractivity contribution < 1.29 is 10.2 Å². The quantitative estimate of drug-likeness (QED) is 0.291. The highest BCUT2D eigenvalue weighted by atomic mass is 27.0. The lowest BCUT2D eigenvalue weighted by atomic mass is 16.0. The fourth-order valence-electron chi connectivity index (χ4n) is 0. The largest absolute Gasteiger partial charge is 0.412 e. The van der Waals surface area contributed by atoms with Gasteiger partial charge in [0.15, 0.2) is 17.4 Å². The zero-order valence-electron chi connectivity index (χ0n) is 0.908. The second-order valence-corrected chi connectivity index (χ2v) is 0. The minimum absolute atomic E-state index is 0. The van der Waals surface area contributed by atoms with Gasteiger partial charge in [-0.1, -0.05) is 0 Å². The summed E-state index contributed by atoms with van der Waals surface area (Å²) >= 11 is 0. The molecule has 0 rings (SSSR count). The number of hydrogen-bond acceptors (Lipinski definition) is 0. The molecule has 26 valence electrons. The fraction of sp³-hybridized carbons (Fsp3) is 0. The summed E-state index contributed by atoms with van der Waals surface area (Å²) in [6, 6.07) is 0. The Hall–Kier alpha value is 1.19. The molecule has 4 heteroatoms. The zero-order valence-corrected chi connectivity index (χ0v) is 0.908. The standard InChI is InChI=1S/Al.FH.Mg.H2O.5H/h;1H;;1H2;;;;;. The Labute approximate surface area is 50.7 Å². The van der Waals surface area contributed by atoms with Crippen molar-refractivity contribution in [1.82, 2.24) is 0 Å². The van der Waals surface area contributed by atoms with Crippen LogP contribution in [0.5, 0.6) is 0 Å². The van der Waals surface area contributed by atoms with E-state index in [0.29, 0.717) is 0 Å². The van der Waals surface area contributed by atoms with Crippen molar-refractivity contribution >= 4 is 40.4 Å². The van der Waals surface area contributed by atoms with E-state index in [-0.39, 0.29) is 50.6 Å². The lowest BCUT2D eigenvalue weighted by molar-refractivity contribution is 0.824. The van der Waals surface area contributed by atoms with Gasteiger partial charge >= 0.3 is 23.1 Å². The summed E-state index contributed by atoms with van der Waals surface area (Å²) in [6.07, 6.45) is 0. The third-order valence-corrected chi connectivity index (χ3v) is 0. The highest BCUT2D eigenvalue weighted by Gasteiger charge is 0.316. The van der Waals surface area contributed by atoms with Crippen molar-refractivity contribution in [3.05, 3.63) is 0 Å². The summed E-state index contributed by atoms with van der Waals surface area (Å²) in [4.78, 5) is 0. The van der Waals surface area contributed by atoms with Gasteiger partial charge in [0.25, 0.3) is 0 Å². The van der Waals surface area contributed by atoms with Crippen LogP contribution in [0, 0.1) is 0 Å². The Bertz CT molecular complexity index is 8.00. The van der Waals surface area contributed by atoms with Crippen LogP contribution in [0.3, 0.4) is 0 Å². The van der Waals surface area contributed by atoms with Crippen LogP contribution in [0.2, 0.25) is 0 Å². The van der Waals surface area contributed by atoms with Crippen LogP contribution < -0.4 is 0 Å². The van der Waals surface area contributed by atoms with E-state index in [1.807, 2.05) is 0 Å². The molecule has 0 saturated carbocycles. The minimum atomic E-state index is 0. The molecule has 0 aromatic heterocycles. The van der Waals surface area contributed by atoms with Crippen molar-refractivity contribution in [2.24, 2.45) is 0 Å². The van der Waals surface area contributed by atoms with Crippen LogP contribution in [-0.2, 0) is 0 Å². The van der Waals surface area contributed by atoms with E-state index >= 15 is 0 Å². The van der Waals surface area contributed by atoms with E-state index in [4.69, 9.17) is 0 Å². The molecule has 0 radical (unpaired) electrons. The maximum absolute atomic E-state index is 0. The predicted octanol–water partition coefficient (Wildman–Crippen LogP) is -2.77. The van der Waals surface area contributed by atoms with E-state index < -0.39 is 0 Å². The maximum Gasteiger partial charge on any atom is 0.316 e. The van der Waals surface area contributed by atoms with Gasteiger partial charge in [-0.15, -0.1) is 0 Å². The number of halogens is 1. The topological polar surface area (TPSA) is 31.5 Å². The molecular weight excluding hydrogens is 86.3 g/mol. The van der Waals surface area contributed by atoms with Gasteiger partial charge in [-0.05, 0) is 0 Å². The molecule has 0 aliphatic rings. The van der Waals surface area contributed by atoms with Crippen LogP contribution >= 0.6 is 0 Å². The molecule has 0 bridgehead atoms. The SMILES string of the molecule is F.O.[AlH3].[MgH2]. The summed E-state index contributed by atoms with van der Waals surface area (Å²) in [7, 11) is 0. The van der Waals surface area contributed by atoms with Crippen molar-refractivity contribution in [3.8, 4) is 0 Å². The normalized spacial score (nSPS) is 0. The second kappa shape index (κ2) is 30.1. The molecule has 4 heavy (non-hydrogen) atoms. The second-order valence-electron chi connectivity index (χ2n) is 0. The van der Waals surface area contributed by atoms with Crippen LogP contribution in [0.4, 0.5) is 4.70 Å². The lowest BCUT2D eigenvalue weighted by Crippen LogP contribution is -0.382. The van der Waals surface area contributed by atoms with Crippen molar-refractivity contribution in [1.29, 1.82) is 0 Å². The average Bonchev–Trinajstić information content (AvgIpc) is 0. The minimum Gasteiger partial charge on any atom is -0.412 e. The molecule has 0 fully saturated rings. The Kier molecular flexibility index (Phi) is 485. The molecule has 1 nitrogen and oxygen atoms in total. The van der Waals surface area contributed by atoms with Gasteiger partial charge in [-0.25, -0.2) is 0 Å². The zero-order chi connectivity index (χ0) is 0. The summed E-state index contributed by atoms with van der Waals surface area (Å²) in [5.41, 5.74) is 0. The van der Waals surface area contributed by atoms with Gasteiger partial charge in [-0.3, -0.25) is 4.70 Å². The molecule has 0 heterocycles. The fourth-order valence-corrected chi connectivity index (χ4v) is 0. The van der Waals surface area contributed by atoms with Crippen LogP contribution in [0.25, 0.3) is 0 Å². The van der Waals surface area contributed by atoms with E-state index in [1.54, 1.807) is 0 Å². The first kappa shape index (κ1) is 64.4. The smallest absolute Gasteiger partial charge is 0.316 e. The average molecular weight is 94.3 g/mol. The van der Waals surface area contributed by atoms with Crippen LogP contribution in [0.1, 0.15) is 0 Å². The van der Waals surface area contributed by atoms with E-state index in [2.05, 4.69) is 0 Å². The van der Waals surface area contributed by atoms with Gasteiger partial charge in [0, 0.05) is 0 Å². The molecule has 0 saturated heterocycles. The number of hydrogen-bond donors (Lipinski definition) is 0. The highest BCUT2D eigenvalue weighted by Crippen LogP contribution is 0.420. The Balaban J connectivity index is 0. The van der Waals surface area contributed by atoms with Gasteiger partial charge in [-0.2, -0.15) is 0 Å². The summed E-state index contributed by atoms with van der Waals surface area (Å²) in [6.45, 7) is 0. The van der Waals surface area contributed by atoms with Gasteiger partial charge in [0.2, 0.25) is 0 Å². The molecule has 0 aliphatic carbocycles. The molecule has 0 amide bonds. The van der Waals surface area contributed by atoms with E-state index in [9.17, 15) is 0 Å². The Morgan fingerprint density at radius 2 is 1.00 bits per heavy atom. The molecule has 0 atom stereocenters. The molecule has 0 aromatic rings. The summed E-state index contributed by atoms with van der Waals surface area (Å²) in [5.74, 6) is 0. The number of rotatable bonds is 0. The maximum atomic E-state index is 0. The summed E-state index contributed by atoms with van der Waals surface area (Å²) in [5, 5.41) is 0. The van der Waals surface area contributed by atoms with Crippen molar-refractivity contribution in [2.45, 2.75) is 0 Å². The molecule has 0 unspecified atom stereocenters. The lowest BCUT2D eigenvalue weighted by Gasteiger charge is -0.412. The molecule has 0 aliphatic heterocycles. The first-order chi connectivity index (χ1) is 0. The van der Waals surface area contributed by atoms with E-state index in [0.717, 1.165) is 0 Å². The molecule has 2 N–H and O–H groups in total. The molecule has 0 aromatic carbocycles. The first-order valence-electron chi connectivity index (χ1n) is 0. The predicted molar refractivity (Wildman–Crippen MR) is 24.6 cm³/mol. The molecular formula is H8AlFMgO. The first-order valence-corrected chi connectivity index (χ1v) is 0. The van der Waals surface area contributed by atoms with Gasteiger partial charge < -0.3 is 5.48 Å². The monoisotopic (exact) mass is 94.0 g/mol.